The number of amides is 1. The summed E-state index contributed by atoms with van der Waals surface area (Å²) in [6.07, 6.45) is 1.01. The van der Waals surface area contributed by atoms with Crippen LogP contribution < -0.4 is 0 Å². The van der Waals surface area contributed by atoms with Crippen LogP contribution in [0, 0.1) is 17.2 Å². The summed E-state index contributed by atoms with van der Waals surface area (Å²) in [5.74, 6) is -1.94. The predicted octanol–water partition coefficient (Wildman–Crippen LogP) is 1.21. The monoisotopic (exact) mass is 236 g/mol. The molecule has 1 rings (SSSR count). The Bertz CT molecular complexity index is 472. The van der Waals surface area contributed by atoms with Gasteiger partial charge >= 0.3 is 5.97 Å². The van der Waals surface area contributed by atoms with E-state index in [1.807, 2.05) is 6.07 Å². The summed E-state index contributed by atoms with van der Waals surface area (Å²) in [6.45, 7) is 1.95. The summed E-state index contributed by atoms with van der Waals surface area (Å²) in [5, 5.41) is 17.3. The zero-order valence-electron chi connectivity index (χ0n) is 9.51. The topological polar surface area (TPSA) is 94.5 Å². The van der Waals surface area contributed by atoms with Crippen molar-refractivity contribution in [2.45, 2.75) is 6.92 Å². The zero-order valence-corrected chi connectivity index (χ0v) is 9.51. The molecular weight excluding hydrogens is 224 g/mol. The Morgan fingerprint density at radius 1 is 1.65 bits per heavy atom. The van der Waals surface area contributed by atoms with Gasteiger partial charge in [0.15, 0.2) is 5.76 Å². The highest BCUT2D eigenvalue weighted by atomic mass is 16.4. The van der Waals surface area contributed by atoms with Crippen molar-refractivity contribution in [3.05, 3.63) is 23.7 Å². The van der Waals surface area contributed by atoms with Gasteiger partial charge in [0.1, 0.15) is 6.26 Å². The van der Waals surface area contributed by atoms with Gasteiger partial charge in [-0.3, -0.25) is 4.79 Å². The summed E-state index contributed by atoms with van der Waals surface area (Å²) >= 11 is 0. The van der Waals surface area contributed by atoms with Gasteiger partial charge in [-0.1, -0.05) is 0 Å². The fourth-order valence-corrected chi connectivity index (χ4v) is 1.28. The van der Waals surface area contributed by atoms with Crippen LogP contribution in [0.15, 0.2) is 16.7 Å². The van der Waals surface area contributed by atoms with E-state index in [2.05, 4.69) is 0 Å². The number of hydrogen-bond acceptors (Lipinski definition) is 4. The maximum atomic E-state index is 11.8. The Labute approximate surface area is 98.1 Å². The summed E-state index contributed by atoms with van der Waals surface area (Å²) in [4.78, 5) is 23.7. The summed E-state index contributed by atoms with van der Waals surface area (Å²) in [6, 6.07) is 3.17. The van der Waals surface area contributed by atoms with Gasteiger partial charge in [0, 0.05) is 19.7 Å². The molecule has 1 N–H and O–H groups in total. The average Bonchev–Trinajstić information content (AvgIpc) is 2.77. The molecule has 1 heterocycles. The molecule has 0 radical (unpaired) electrons. The molecule has 6 nitrogen and oxygen atoms in total. The third kappa shape index (κ3) is 3.08. The largest absolute Gasteiger partial charge is 0.478 e. The molecule has 0 spiro atoms. The SMILES string of the molecule is CC(C#N)CN(C)C(=O)c1cc(C(=O)O)co1. The molecule has 0 aliphatic carbocycles. The van der Waals surface area contributed by atoms with Crippen LogP contribution in [0.2, 0.25) is 0 Å². The van der Waals surface area contributed by atoms with E-state index in [9.17, 15) is 9.59 Å². The number of carbonyl (C=O) groups is 2. The van der Waals surface area contributed by atoms with Gasteiger partial charge in [0.25, 0.3) is 5.91 Å². The lowest BCUT2D eigenvalue weighted by molar-refractivity contribution is 0.0695. The van der Waals surface area contributed by atoms with Gasteiger partial charge < -0.3 is 14.4 Å². The van der Waals surface area contributed by atoms with E-state index in [-0.39, 0.29) is 23.8 Å². The summed E-state index contributed by atoms with van der Waals surface area (Å²) in [5.41, 5.74) is -0.0740. The number of rotatable bonds is 4. The molecule has 6 heteroatoms. The van der Waals surface area contributed by atoms with Crippen LogP contribution in [0.1, 0.15) is 27.8 Å². The number of furan rings is 1. The molecular formula is C11H12N2O4. The minimum atomic E-state index is -1.15. The molecule has 0 saturated carbocycles. The number of carbonyl (C=O) groups excluding carboxylic acids is 1. The number of nitriles is 1. The normalized spacial score (nSPS) is 11.6. The van der Waals surface area contributed by atoms with E-state index in [1.54, 1.807) is 6.92 Å². The number of carboxylic acid groups (broad SMARTS) is 1. The van der Waals surface area contributed by atoms with E-state index in [4.69, 9.17) is 14.8 Å². The maximum Gasteiger partial charge on any atom is 0.338 e. The quantitative estimate of drug-likeness (QED) is 0.847. The standard InChI is InChI=1S/C11H12N2O4/c1-7(4-12)5-13(2)10(14)9-3-8(6-17-9)11(15)16/h3,6-7H,5H2,1-2H3,(H,15,16). The van der Waals surface area contributed by atoms with Crippen molar-refractivity contribution in [1.29, 1.82) is 5.26 Å². The van der Waals surface area contributed by atoms with E-state index in [0.717, 1.165) is 12.3 Å². The first-order chi connectivity index (χ1) is 7.95. The van der Waals surface area contributed by atoms with Crippen LogP contribution >= 0.6 is 0 Å². The zero-order chi connectivity index (χ0) is 13.0. The first-order valence-corrected chi connectivity index (χ1v) is 4.92. The molecule has 0 saturated heterocycles. The van der Waals surface area contributed by atoms with Crippen molar-refractivity contribution in [2.75, 3.05) is 13.6 Å². The fourth-order valence-electron chi connectivity index (χ4n) is 1.28. The highest BCUT2D eigenvalue weighted by Gasteiger charge is 2.19. The molecule has 1 aromatic rings. The molecule has 1 atom stereocenters. The number of carboxylic acids is 1. The lowest BCUT2D eigenvalue weighted by atomic mass is 10.2. The molecule has 17 heavy (non-hydrogen) atoms. The third-order valence-corrected chi connectivity index (χ3v) is 2.17. The molecule has 0 aliphatic rings. The Kier molecular flexibility index (Phi) is 3.88. The van der Waals surface area contributed by atoms with Crippen LogP contribution in [0.4, 0.5) is 0 Å². The Hall–Kier alpha value is -2.29. The predicted molar refractivity (Wildman–Crippen MR) is 57.4 cm³/mol. The minimum absolute atomic E-state index is 0.0463. The van der Waals surface area contributed by atoms with Crippen molar-refractivity contribution < 1.29 is 19.1 Å². The Balaban J connectivity index is 2.75. The molecule has 1 amide bonds. The molecule has 0 aliphatic heterocycles. The lowest BCUT2D eigenvalue weighted by Crippen LogP contribution is -2.30. The van der Waals surface area contributed by atoms with Crippen LogP contribution in [-0.2, 0) is 0 Å². The molecule has 1 aromatic heterocycles. The van der Waals surface area contributed by atoms with E-state index >= 15 is 0 Å². The maximum absolute atomic E-state index is 11.8. The van der Waals surface area contributed by atoms with Crippen LogP contribution in [0.25, 0.3) is 0 Å². The van der Waals surface area contributed by atoms with Crippen molar-refractivity contribution >= 4 is 11.9 Å². The van der Waals surface area contributed by atoms with Gasteiger partial charge in [-0.05, 0) is 6.92 Å². The van der Waals surface area contributed by atoms with E-state index in [0.29, 0.717) is 0 Å². The fraction of sp³-hybridized carbons (Fsp3) is 0.364. The lowest BCUT2D eigenvalue weighted by Gasteiger charge is -2.16. The first-order valence-electron chi connectivity index (χ1n) is 4.92. The highest BCUT2D eigenvalue weighted by molar-refractivity contribution is 5.95. The number of aromatic carboxylic acids is 1. The van der Waals surface area contributed by atoms with Crippen molar-refractivity contribution in [2.24, 2.45) is 5.92 Å². The van der Waals surface area contributed by atoms with Crippen LogP contribution in [0.3, 0.4) is 0 Å². The summed E-state index contributed by atoms with van der Waals surface area (Å²) < 4.78 is 4.87. The first kappa shape index (κ1) is 12.8. The van der Waals surface area contributed by atoms with Gasteiger partial charge in [-0.25, -0.2) is 4.79 Å². The molecule has 0 bridgehead atoms. The van der Waals surface area contributed by atoms with E-state index < -0.39 is 11.9 Å². The number of nitrogens with zero attached hydrogens (tertiary/aromatic N) is 2. The van der Waals surface area contributed by atoms with Crippen LogP contribution in [0.5, 0.6) is 0 Å². The molecule has 90 valence electrons. The van der Waals surface area contributed by atoms with Gasteiger partial charge in [-0.2, -0.15) is 5.26 Å². The smallest absolute Gasteiger partial charge is 0.338 e. The minimum Gasteiger partial charge on any atom is -0.478 e. The van der Waals surface area contributed by atoms with E-state index in [1.165, 1.54) is 11.9 Å². The van der Waals surface area contributed by atoms with Gasteiger partial charge in [0.2, 0.25) is 0 Å². The third-order valence-electron chi connectivity index (χ3n) is 2.17. The Morgan fingerprint density at radius 2 is 2.29 bits per heavy atom. The molecule has 0 fully saturated rings. The number of hydrogen-bond donors (Lipinski definition) is 1. The van der Waals surface area contributed by atoms with Gasteiger partial charge in [-0.15, -0.1) is 0 Å². The highest BCUT2D eigenvalue weighted by Crippen LogP contribution is 2.11. The summed E-state index contributed by atoms with van der Waals surface area (Å²) in [7, 11) is 1.53. The molecule has 1 unspecified atom stereocenters. The van der Waals surface area contributed by atoms with Crippen molar-refractivity contribution in [1.82, 2.24) is 4.90 Å². The molecule has 0 aromatic carbocycles. The average molecular weight is 236 g/mol. The van der Waals surface area contributed by atoms with Gasteiger partial charge in [0.05, 0.1) is 17.6 Å². The van der Waals surface area contributed by atoms with Crippen molar-refractivity contribution in [3.8, 4) is 6.07 Å². The van der Waals surface area contributed by atoms with Crippen molar-refractivity contribution in [3.63, 3.8) is 0 Å². The van der Waals surface area contributed by atoms with Crippen LogP contribution in [-0.4, -0.2) is 35.5 Å². The Morgan fingerprint density at radius 3 is 2.76 bits per heavy atom. The second-order valence-electron chi connectivity index (χ2n) is 3.72. The second-order valence-corrected chi connectivity index (χ2v) is 3.72. The second kappa shape index (κ2) is 5.16.